The minimum absolute atomic E-state index is 0. The molecule has 0 saturated carbocycles. The van der Waals surface area contributed by atoms with E-state index >= 15 is 0 Å². The summed E-state index contributed by atoms with van der Waals surface area (Å²) in [6, 6.07) is 14.5. The lowest BCUT2D eigenvalue weighted by Gasteiger charge is -2.06. The molecule has 144 valence electrons. The maximum atomic E-state index is 12.4. The fraction of sp³-hybridized carbons (Fsp3) is 0.0526. The van der Waals surface area contributed by atoms with Crippen LogP contribution in [-0.2, 0) is 6.54 Å². The molecule has 3 aromatic heterocycles. The van der Waals surface area contributed by atoms with Crippen LogP contribution in [0.15, 0.2) is 67.3 Å². The van der Waals surface area contributed by atoms with Crippen LogP contribution in [0.1, 0.15) is 16.1 Å². The SMILES string of the molecule is Cl.Cl.Nc1cccc(NC(=O)c2cnc3c(c2)ncn3Cc2ccccn2)c1. The summed E-state index contributed by atoms with van der Waals surface area (Å²) in [6.45, 7) is 0.569. The van der Waals surface area contributed by atoms with Gasteiger partial charge in [0.2, 0.25) is 0 Å². The molecule has 0 fully saturated rings. The number of nitrogens with two attached hydrogens (primary N) is 1. The van der Waals surface area contributed by atoms with E-state index in [2.05, 4.69) is 20.3 Å². The van der Waals surface area contributed by atoms with E-state index in [4.69, 9.17) is 5.73 Å². The van der Waals surface area contributed by atoms with Gasteiger partial charge in [0, 0.05) is 23.8 Å². The second-order valence-corrected chi connectivity index (χ2v) is 5.84. The molecule has 0 spiro atoms. The van der Waals surface area contributed by atoms with Crippen molar-refractivity contribution in [1.29, 1.82) is 0 Å². The number of aromatic nitrogens is 4. The molecule has 3 heterocycles. The molecule has 0 aliphatic rings. The van der Waals surface area contributed by atoms with Crippen LogP contribution in [0.4, 0.5) is 11.4 Å². The Hall–Kier alpha value is -3.16. The van der Waals surface area contributed by atoms with Gasteiger partial charge in [-0.25, -0.2) is 9.97 Å². The Morgan fingerprint density at radius 2 is 1.89 bits per heavy atom. The summed E-state index contributed by atoms with van der Waals surface area (Å²) in [7, 11) is 0. The van der Waals surface area contributed by atoms with Gasteiger partial charge >= 0.3 is 0 Å². The first kappa shape index (κ1) is 21.1. The quantitative estimate of drug-likeness (QED) is 0.495. The molecule has 4 aromatic rings. The first-order chi connectivity index (χ1) is 12.7. The van der Waals surface area contributed by atoms with Crippen molar-refractivity contribution < 1.29 is 4.79 Å². The fourth-order valence-electron chi connectivity index (χ4n) is 2.67. The molecule has 28 heavy (non-hydrogen) atoms. The highest BCUT2D eigenvalue weighted by Gasteiger charge is 2.11. The second kappa shape index (κ2) is 9.16. The minimum Gasteiger partial charge on any atom is -0.399 e. The zero-order chi connectivity index (χ0) is 17.9. The third-order valence-corrected chi connectivity index (χ3v) is 3.92. The number of carbonyl (C=O) groups excluding carboxylic acids is 1. The first-order valence-corrected chi connectivity index (χ1v) is 8.07. The first-order valence-electron chi connectivity index (χ1n) is 8.07. The van der Waals surface area contributed by atoms with Crippen molar-refractivity contribution in [2.75, 3.05) is 11.1 Å². The molecule has 1 aromatic carbocycles. The molecule has 4 rings (SSSR count). The monoisotopic (exact) mass is 416 g/mol. The number of fused-ring (bicyclic) bond motifs is 1. The van der Waals surface area contributed by atoms with Gasteiger partial charge in [-0.3, -0.25) is 9.78 Å². The smallest absolute Gasteiger partial charge is 0.257 e. The van der Waals surface area contributed by atoms with Gasteiger partial charge in [-0.15, -0.1) is 24.8 Å². The molecule has 0 bridgehead atoms. The predicted molar refractivity (Wildman–Crippen MR) is 114 cm³/mol. The lowest BCUT2D eigenvalue weighted by atomic mass is 10.2. The van der Waals surface area contributed by atoms with Crippen LogP contribution in [-0.4, -0.2) is 25.4 Å². The summed E-state index contributed by atoms with van der Waals surface area (Å²) >= 11 is 0. The lowest BCUT2D eigenvalue weighted by molar-refractivity contribution is 0.102. The molecular formula is C19H18Cl2N6O. The van der Waals surface area contributed by atoms with Crippen molar-refractivity contribution in [3.63, 3.8) is 0 Å². The van der Waals surface area contributed by atoms with E-state index < -0.39 is 0 Å². The number of rotatable bonds is 4. The van der Waals surface area contributed by atoms with Gasteiger partial charge in [0.1, 0.15) is 5.52 Å². The Morgan fingerprint density at radius 1 is 1.04 bits per heavy atom. The van der Waals surface area contributed by atoms with Crippen LogP contribution in [0.5, 0.6) is 0 Å². The number of imidazole rings is 1. The normalized spacial score (nSPS) is 10.0. The number of nitrogens with one attached hydrogen (secondary N) is 1. The van der Waals surface area contributed by atoms with E-state index in [0.717, 1.165) is 5.69 Å². The third kappa shape index (κ3) is 4.57. The average molecular weight is 417 g/mol. The molecule has 0 radical (unpaired) electrons. The Labute approximate surface area is 173 Å². The fourth-order valence-corrected chi connectivity index (χ4v) is 2.67. The molecule has 0 aliphatic carbocycles. The number of carbonyl (C=O) groups is 1. The molecule has 0 aliphatic heterocycles. The Balaban J connectivity index is 0.00000140. The maximum absolute atomic E-state index is 12.4. The largest absolute Gasteiger partial charge is 0.399 e. The lowest BCUT2D eigenvalue weighted by Crippen LogP contribution is -2.12. The van der Waals surface area contributed by atoms with Crippen LogP contribution < -0.4 is 11.1 Å². The number of hydrogen-bond acceptors (Lipinski definition) is 5. The van der Waals surface area contributed by atoms with Crippen LogP contribution in [0.3, 0.4) is 0 Å². The highest BCUT2D eigenvalue weighted by Crippen LogP contribution is 2.16. The highest BCUT2D eigenvalue weighted by molar-refractivity contribution is 6.05. The summed E-state index contributed by atoms with van der Waals surface area (Å²) in [5, 5.41) is 2.81. The van der Waals surface area contributed by atoms with Crippen molar-refractivity contribution in [2.45, 2.75) is 6.54 Å². The standard InChI is InChI=1S/C19H16N6O.2ClH/c20-14-4-3-6-15(9-14)24-19(26)13-8-17-18(22-10-13)25(12-23-17)11-16-5-1-2-7-21-16;;/h1-10,12H,11,20H2,(H,24,26);2*1H. The van der Waals surface area contributed by atoms with Gasteiger partial charge in [-0.2, -0.15) is 0 Å². The summed E-state index contributed by atoms with van der Waals surface area (Å²) in [6.07, 6.45) is 4.99. The number of pyridine rings is 2. The Bertz CT molecular complexity index is 1080. The number of amides is 1. The molecule has 7 nitrogen and oxygen atoms in total. The topological polar surface area (TPSA) is 98.7 Å². The second-order valence-electron chi connectivity index (χ2n) is 5.84. The van der Waals surface area contributed by atoms with Gasteiger partial charge in [-0.05, 0) is 36.4 Å². The number of benzene rings is 1. The van der Waals surface area contributed by atoms with Gasteiger partial charge in [0.25, 0.3) is 5.91 Å². The maximum Gasteiger partial charge on any atom is 0.257 e. The molecule has 9 heteroatoms. The number of halogens is 2. The number of nitrogens with zero attached hydrogens (tertiary/aromatic N) is 4. The predicted octanol–water partition coefficient (Wildman–Crippen LogP) is 3.55. The van der Waals surface area contributed by atoms with Gasteiger partial charge in [0.15, 0.2) is 5.65 Å². The Morgan fingerprint density at radius 3 is 2.64 bits per heavy atom. The van der Waals surface area contributed by atoms with Crippen LogP contribution in [0.2, 0.25) is 0 Å². The Kier molecular flexibility index (Phi) is 6.92. The van der Waals surface area contributed by atoms with E-state index in [-0.39, 0.29) is 30.7 Å². The van der Waals surface area contributed by atoms with Gasteiger partial charge < -0.3 is 15.6 Å². The molecular weight excluding hydrogens is 399 g/mol. The van der Waals surface area contributed by atoms with Crippen LogP contribution in [0.25, 0.3) is 11.2 Å². The van der Waals surface area contributed by atoms with E-state index in [1.165, 1.54) is 0 Å². The summed E-state index contributed by atoms with van der Waals surface area (Å²) in [5.41, 5.74) is 9.66. The van der Waals surface area contributed by atoms with Crippen molar-refractivity contribution in [3.8, 4) is 0 Å². The number of anilines is 2. The number of hydrogen-bond donors (Lipinski definition) is 2. The average Bonchev–Trinajstić information content (AvgIpc) is 3.05. The number of nitrogen functional groups attached to an aromatic ring is 1. The molecule has 0 saturated heterocycles. The summed E-state index contributed by atoms with van der Waals surface area (Å²) in [5.74, 6) is -0.260. The van der Waals surface area contributed by atoms with Gasteiger partial charge in [-0.1, -0.05) is 12.1 Å². The summed E-state index contributed by atoms with van der Waals surface area (Å²) in [4.78, 5) is 25.5. The molecule has 1 amide bonds. The van der Waals surface area contributed by atoms with Crippen LogP contribution >= 0.6 is 24.8 Å². The van der Waals surface area contributed by atoms with Crippen LogP contribution in [0, 0.1) is 0 Å². The minimum atomic E-state index is -0.260. The van der Waals surface area contributed by atoms with Gasteiger partial charge in [0.05, 0.1) is 24.1 Å². The van der Waals surface area contributed by atoms with Crippen molar-refractivity contribution >= 4 is 53.3 Å². The molecule has 0 atom stereocenters. The highest BCUT2D eigenvalue weighted by atomic mass is 35.5. The van der Waals surface area contributed by atoms with E-state index in [1.807, 2.05) is 22.8 Å². The zero-order valence-corrected chi connectivity index (χ0v) is 16.3. The van der Waals surface area contributed by atoms with E-state index in [9.17, 15) is 4.79 Å². The molecule has 0 unspecified atom stereocenters. The van der Waals surface area contributed by atoms with Crippen molar-refractivity contribution in [1.82, 2.24) is 19.5 Å². The van der Waals surface area contributed by atoms with E-state index in [0.29, 0.717) is 34.6 Å². The molecule has 3 N–H and O–H groups in total. The third-order valence-electron chi connectivity index (χ3n) is 3.92. The zero-order valence-electron chi connectivity index (χ0n) is 14.6. The van der Waals surface area contributed by atoms with Crippen molar-refractivity contribution in [2.24, 2.45) is 0 Å². The van der Waals surface area contributed by atoms with Crippen molar-refractivity contribution in [3.05, 3.63) is 78.5 Å². The van der Waals surface area contributed by atoms with E-state index in [1.54, 1.807) is 49.1 Å². The summed E-state index contributed by atoms with van der Waals surface area (Å²) < 4.78 is 1.90.